The molecule has 62 valence electrons. The molecule has 1 rings (SSSR count). The van der Waals surface area contributed by atoms with E-state index in [0.29, 0.717) is 15.7 Å². The van der Waals surface area contributed by atoms with Crippen LogP contribution in [0.4, 0.5) is 0 Å². The zero-order valence-electron chi connectivity index (χ0n) is 7.13. The van der Waals surface area contributed by atoms with Gasteiger partial charge in [0.05, 0.1) is 4.47 Å². The summed E-state index contributed by atoms with van der Waals surface area (Å²) in [6.45, 7) is 4.03. The van der Waals surface area contributed by atoms with Crippen LogP contribution in [0.1, 0.15) is 25.3 Å². The van der Waals surface area contributed by atoms with Crippen molar-refractivity contribution in [2.45, 2.75) is 19.8 Å². The van der Waals surface area contributed by atoms with E-state index in [1.165, 1.54) is 0 Å². The summed E-state index contributed by atoms with van der Waals surface area (Å²) in [6.07, 6.45) is 0. The van der Waals surface area contributed by atoms with Crippen LogP contribution >= 0.6 is 15.9 Å². The molecular formula is C9H10BBrO. The van der Waals surface area contributed by atoms with Gasteiger partial charge in [0, 0.05) is 0 Å². The zero-order chi connectivity index (χ0) is 9.30. The molecule has 1 nitrogen and oxygen atoms in total. The van der Waals surface area contributed by atoms with Crippen LogP contribution in [-0.2, 0) is 0 Å². The van der Waals surface area contributed by atoms with Gasteiger partial charge in [0.15, 0.2) is 0 Å². The molecule has 0 aromatic heterocycles. The Morgan fingerprint density at radius 2 is 2.00 bits per heavy atom. The van der Waals surface area contributed by atoms with Gasteiger partial charge in [-0.05, 0) is 27.4 Å². The molecule has 1 N–H and O–H groups in total. The molecule has 0 saturated heterocycles. The first-order chi connectivity index (χ1) is 5.52. The standard InChI is InChI=1S/C9H10BBrO/c1-5(2)7-3-6(10)4-8(11)9(7)12/h3-5,12H,1-2H3. The van der Waals surface area contributed by atoms with Crippen molar-refractivity contribution in [1.29, 1.82) is 0 Å². The number of benzene rings is 1. The minimum atomic E-state index is 0.282. The van der Waals surface area contributed by atoms with Gasteiger partial charge in [-0.15, -0.1) is 0 Å². The second-order valence-corrected chi connectivity index (χ2v) is 3.95. The molecule has 0 aliphatic rings. The lowest BCUT2D eigenvalue weighted by Gasteiger charge is -2.10. The molecule has 1 aromatic rings. The first kappa shape index (κ1) is 9.65. The quantitative estimate of drug-likeness (QED) is 0.725. The van der Waals surface area contributed by atoms with Gasteiger partial charge in [-0.3, -0.25) is 0 Å². The van der Waals surface area contributed by atoms with E-state index in [0.717, 1.165) is 5.56 Å². The highest BCUT2D eigenvalue weighted by molar-refractivity contribution is 9.10. The minimum absolute atomic E-state index is 0.282. The Morgan fingerprint density at radius 1 is 1.42 bits per heavy atom. The molecule has 0 aliphatic carbocycles. The summed E-state index contributed by atoms with van der Waals surface area (Å²) in [5, 5.41) is 9.59. The molecule has 0 aliphatic heterocycles. The summed E-state index contributed by atoms with van der Waals surface area (Å²) in [7, 11) is 5.62. The molecule has 2 radical (unpaired) electrons. The Hall–Kier alpha value is -0.435. The van der Waals surface area contributed by atoms with Crippen LogP contribution in [0.2, 0.25) is 0 Å². The number of phenolic OH excluding ortho intramolecular Hbond substituents is 1. The van der Waals surface area contributed by atoms with Crippen molar-refractivity contribution in [3.05, 3.63) is 22.2 Å². The van der Waals surface area contributed by atoms with Crippen LogP contribution < -0.4 is 5.46 Å². The van der Waals surface area contributed by atoms with E-state index in [4.69, 9.17) is 7.85 Å². The maximum atomic E-state index is 9.59. The van der Waals surface area contributed by atoms with E-state index in [-0.39, 0.29) is 5.92 Å². The van der Waals surface area contributed by atoms with Crippen LogP contribution in [0.5, 0.6) is 5.75 Å². The predicted octanol–water partition coefficient (Wildman–Crippen LogP) is 2.07. The number of aromatic hydroxyl groups is 1. The van der Waals surface area contributed by atoms with E-state index < -0.39 is 0 Å². The number of halogens is 1. The van der Waals surface area contributed by atoms with Crippen molar-refractivity contribution < 1.29 is 5.11 Å². The fourth-order valence-corrected chi connectivity index (χ4v) is 1.58. The van der Waals surface area contributed by atoms with Gasteiger partial charge in [-0.25, -0.2) is 0 Å². The molecule has 0 fully saturated rings. The molecule has 1 aromatic carbocycles. The average molecular weight is 225 g/mol. The summed E-state index contributed by atoms with van der Waals surface area (Å²) in [5.74, 6) is 0.573. The van der Waals surface area contributed by atoms with Crippen LogP contribution in [0.25, 0.3) is 0 Å². The van der Waals surface area contributed by atoms with Gasteiger partial charge in [-0.1, -0.05) is 31.4 Å². The minimum Gasteiger partial charge on any atom is -0.506 e. The number of hydrogen-bond donors (Lipinski definition) is 1. The van der Waals surface area contributed by atoms with E-state index >= 15 is 0 Å². The Bertz CT molecular complexity index is 297. The van der Waals surface area contributed by atoms with Crippen LogP contribution in [0.3, 0.4) is 0 Å². The van der Waals surface area contributed by atoms with Gasteiger partial charge in [-0.2, -0.15) is 0 Å². The fraction of sp³-hybridized carbons (Fsp3) is 0.333. The fourth-order valence-electron chi connectivity index (χ4n) is 1.08. The first-order valence-electron chi connectivity index (χ1n) is 3.80. The summed E-state index contributed by atoms with van der Waals surface area (Å²) in [6, 6.07) is 3.49. The third-order valence-corrected chi connectivity index (χ3v) is 2.34. The van der Waals surface area contributed by atoms with Gasteiger partial charge in [0.1, 0.15) is 13.6 Å². The van der Waals surface area contributed by atoms with Gasteiger partial charge in [0.25, 0.3) is 0 Å². The van der Waals surface area contributed by atoms with Gasteiger partial charge < -0.3 is 5.11 Å². The molecule has 0 bridgehead atoms. The van der Waals surface area contributed by atoms with Crippen molar-refractivity contribution in [1.82, 2.24) is 0 Å². The average Bonchev–Trinajstić information content (AvgIpc) is 1.96. The van der Waals surface area contributed by atoms with Gasteiger partial charge in [0.2, 0.25) is 0 Å². The number of phenols is 1. The highest BCUT2D eigenvalue weighted by Gasteiger charge is 2.08. The Labute approximate surface area is 82.3 Å². The van der Waals surface area contributed by atoms with Crippen molar-refractivity contribution >= 4 is 29.2 Å². The predicted molar refractivity (Wildman–Crippen MR) is 55.3 cm³/mol. The smallest absolute Gasteiger partial charge is 0.133 e. The second-order valence-electron chi connectivity index (χ2n) is 3.10. The van der Waals surface area contributed by atoms with Crippen molar-refractivity contribution in [3.8, 4) is 5.75 Å². The third kappa shape index (κ3) is 1.83. The summed E-state index contributed by atoms with van der Waals surface area (Å²) >= 11 is 3.24. The maximum Gasteiger partial charge on any atom is 0.133 e. The van der Waals surface area contributed by atoms with E-state index in [1.807, 2.05) is 13.8 Å². The van der Waals surface area contributed by atoms with Crippen molar-refractivity contribution in [2.24, 2.45) is 0 Å². The van der Waals surface area contributed by atoms with Crippen molar-refractivity contribution in [3.63, 3.8) is 0 Å². The molecule has 0 heterocycles. The third-order valence-electron chi connectivity index (χ3n) is 1.74. The monoisotopic (exact) mass is 224 g/mol. The lowest BCUT2D eigenvalue weighted by molar-refractivity contribution is 0.461. The summed E-state index contributed by atoms with van der Waals surface area (Å²) in [4.78, 5) is 0. The highest BCUT2D eigenvalue weighted by Crippen LogP contribution is 2.31. The van der Waals surface area contributed by atoms with Crippen LogP contribution in [-0.4, -0.2) is 13.0 Å². The molecule has 0 spiro atoms. The molecule has 0 amide bonds. The molecular weight excluding hydrogens is 215 g/mol. The van der Waals surface area contributed by atoms with Gasteiger partial charge >= 0.3 is 0 Å². The Balaban J connectivity index is 3.28. The van der Waals surface area contributed by atoms with Crippen LogP contribution in [0, 0.1) is 0 Å². The normalized spacial score (nSPS) is 10.7. The molecule has 3 heteroatoms. The Morgan fingerprint density at radius 3 is 2.50 bits per heavy atom. The lowest BCUT2D eigenvalue weighted by atomic mass is 9.90. The van der Waals surface area contributed by atoms with E-state index in [9.17, 15) is 5.11 Å². The zero-order valence-corrected chi connectivity index (χ0v) is 8.72. The SMILES string of the molecule is [B]c1cc(Br)c(O)c(C(C)C)c1. The molecule has 12 heavy (non-hydrogen) atoms. The Kier molecular flexibility index (Phi) is 2.83. The molecule has 0 atom stereocenters. The lowest BCUT2D eigenvalue weighted by Crippen LogP contribution is -2.04. The number of rotatable bonds is 1. The first-order valence-corrected chi connectivity index (χ1v) is 4.59. The number of hydrogen-bond acceptors (Lipinski definition) is 1. The van der Waals surface area contributed by atoms with E-state index in [2.05, 4.69) is 15.9 Å². The maximum absolute atomic E-state index is 9.59. The molecule has 0 unspecified atom stereocenters. The highest BCUT2D eigenvalue weighted by atomic mass is 79.9. The molecule has 0 saturated carbocycles. The summed E-state index contributed by atoms with van der Waals surface area (Å²) in [5.41, 5.74) is 1.55. The van der Waals surface area contributed by atoms with Crippen LogP contribution in [0.15, 0.2) is 16.6 Å². The topological polar surface area (TPSA) is 20.2 Å². The largest absolute Gasteiger partial charge is 0.506 e. The summed E-state index contributed by atoms with van der Waals surface area (Å²) < 4.78 is 0.659. The van der Waals surface area contributed by atoms with E-state index in [1.54, 1.807) is 12.1 Å². The van der Waals surface area contributed by atoms with Crippen molar-refractivity contribution in [2.75, 3.05) is 0 Å². The second kappa shape index (κ2) is 3.52.